The van der Waals surface area contributed by atoms with Gasteiger partial charge in [0.15, 0.2) is 0 Å². The van der Waals surface area contributed by atoms with E-state index >= 15 is 0 Å². The average molecular weight is 285 g/mol. The fraction of sp³-hybridized carbons (Fsp3) is 0.385. The molecule has 0 aliphatic heterocycles. The Hall–Kier alpha value is -1.59. The molecule has 1 rings (SSSR count). The number of aliphatic hydroxyl groups excluding tert-OH is 1. The number of benzene rings is 1. The van der Waals surface area contributed by atoms with Gasteiger partial charge in [0, 0.05) is 19.2 Å². The molecule has 0 aromatic heterocycles. The van der Waals surface area contributed by atoms with Crippen LogP contribution >= 0.6 is 11.6 Å². The number of hydrogen-bond donors (Lipinski definition) is 3. The van der Waals surface area contributed by atoms with Gasteiger partial charge in [0.05, 0.1) is 16.7 Å². The molecular weight excluding hydrogens is 268 g/mol. The standard InChI is InChI=1S/C13H17ClN2O3/c1-8(17)5-6-15-13(19)11-7-10(16-9(2)18)3-4-12(11)14/h3-4,7-8,17H,5-6H2,1-2H3,(H,15,19)(H,16,18). The highest BCUT2D eigenvalue weighted by molar-refractivity contribution is 6.34. The molecule has 2 amide bonds. The second-order valence-corrected chi connectivity index (χ2v) is 4.68. The Bertz CT molecular complexity index is 475. The lowest BCUT2D eigenvalue weighted by Crippen LogP contribution is -2.26. The van der Waals surface area contributed by atoms with Crippen LogP contribution < -0.4 is 10.6 Å². The van der Waals surface area contributed by atoms with Crippen LogP contribution in [0.1, 0.15) is 30.6 Å². The number of amides is 2. The van der Waals surface area contributed by atoms with E-state index in [9.17, 15) is 9.59 Å². The first-order valence-electron chi connectivity index (χ1n) is 5.93. The van der Waals surface area contributed by atoms with Crippen molar-refractivity contribution >= 4 is 29.1 Å². The fourth-order valence-electron chi connectivity index (χ4n) is 1.47. The zero-order valence-electron chi connectivity index (χ0n) is 10.9. The summed E-state index contributed by atoms with van der Waals surface area (Å²) in [6.07, 6.45) is -0.00384. The van der Waals surface area contributed by atoms with Gasteiger partial charge in [0.25, 0.3) is 5.91 Å². The largest absolute Gasteiger partial charge is 0.393 e. The monoisotopic (exact) mass is 284 g/mol. The van der Waals surface area contributed by atoms with Gasteiger partial charge in [-0.2, -0.15) is 0 Å². The normalized spacial score (nSPS) is 11.8. The summed E-state index contributed by atoms with van der Waals surface area (Å²) in [5.74, 6) is -0.555. The SMILES string of the molecule is CC(=O)Nc1ccc(Cl)c(C(=O)NCCC(C)O)c1. The summed E-state index contributed by atoms with van der Waals surface area (Å²) in [4.78, 5) is 22.8. The maximum atomic E-state index is 11.9. The van der Waals surface area contributed by atoms with Crippen molar-refractivity contribution in [3.05, 3.63) is 28.8 Å². The van der Waals surface area contributed by atoms with E-state index < -0.39 is 6.10 Å². The molecule has 104 valence electrons. The minimum absolute atomic E-state index is 0.220. The fourth-order valence-corrected chi connectivity index (χ4v) is 1.67. The van der Waals surface area contributed by atoms with E-state index in [1.807, 2.05) is 0 Å². The third kappa shape index (κ3) is 5.28. The molecule has 1 aromatic rings. The maximum absolute atomic E-state index is 11.9. The number of rotatable bonds is 5. The van der Waals surface area contributed by atoms with E-state index in [0.29, 0.717) is 29.2 Å². The lowest BCUT2D eigenvalue weighted by atomic mass is 10.1. The molecule has 3 N–H and O–H groups in total. The summed E-state index contributed by atoms with van der Waals surface area (Å²) in [7, 11) is 0. The molecule has 0 spiro atoms. The number of carbonyl (C=O) groups excluding carboxylic acids is 2. The van der Waals surface area contributed by atoms with Gasteiger partial charge >= 0.3 is 0 Å². The van der Waals surface area contributed by atoms with Crippen molar-refractivity contribution in [3.8, 4) is 0 Å². The maximum Gasteiger partial charge on any atom is 0.252 e. The molecule has 1 atom stereocenters. The first-order valence-corrected chi connectivity index (χ1v) is 6.31. The van der Waals surface area contributed by atoms with E-state index in [-0.39, 0.29) is 11.8 Å². The number of aliphatic hydroxyl groups is 1. The highest BCUT2D eigenvalue weighted by atomic mass is 35.5. The van der Waals surface area contributed by atoms with E-state index in [4.69, 9.17) is 16.7 Å². The Morgan fingerprint density at radius 1 is 1.42 bits per heavy atom. The molecule has 5 nitrogen and oxygen atoms in total. The number of carbonyl (C=O) groups is 2. The quantitative estimate of drug-likeness (QED) is 0.771. The summed E-state index contributed by atoms with van der Waals surface area (Å²) >= 11 is 5.95. The molecule has 0 aliphatic carbocycles. The Morgan fingerprint density at radius 2 is 2.11 bits per heavy atom. The van der Waals surface area contributed by atoms with Crippen molar-refractivity contribution in [1.82, 2.24) is 5.32 Å². The van der Waals surface area contributed by atoms with Crippen LogP contribution in [-0.2, 0) is 4.79 Å². The third-order valence-corrected chi connectivity index (χ3v) is 2.71. The van der Waals surface area contributed by atoms with Crippen LogP contribution in [-0.4, -0.2) is 29.6 Å². The third-order valence-electron chi connectivity index (χ3n) is 2.38. The van der Waals surface area contributed by atoms with Crippen LogP contribution in [0.3, 0.4) is 0 Å². The topological polar surface area (TPSA) is 78.4 Å². The molecule has 0 bridgehead atoms. The lowest BCUT2D eigenvalue weighted by molar-refractivity contribution is -0.114. The van der Waals surface area contributed by atoms with Gasteiger partial charge in [0.1, 0.15) is 0 Å². The summed E-state index contributed by atoms with van der Waals surface area (Å²) < 4.78 is 0. The van der Waals surface area contributed by atoms with Crippen molar-refractivity contribution in [1.29, 1.82) is 0 Å². The predicted molar refractivity (Wildman–Crippen MR) is 74.4 cm³/mol. The smallest absolute Gasteiger partial charge is 0.252 e. The van der Waals surface area contributed by atoms with Crippen LogP contribution in [0.4, 0.5) is 5.69 Å². The lowest BCUT2D eigenvalue weighted by Gasteiger charge is -2.10. The highest BCUT2D eigenvalue weighted by Crippen LogP contribution is 2.20. The van der Waals surface area contributed by atoms with Gasteiger partial charge in [-0.1, -0.05) is 11.6 Å². The van der Waals surface area contributed by atoms with Crippen LogP contribution in [0.25, 0.3) is 0 Å². The van der Waals surface area contributed by atoms with Gasteiger partial charge in [-0.3, -0.25) is 9.59 Å². The van der Waals surface area contributed by atoms with Crippen LogP contribution in [0, 0.1) is 0 Å². The number of hydrogen-bond acceptors (Lipinski definition) is 3. The molecule has 0 radical (unpaired) electrons. The minimum Gasteiger partial charge on any atom is -0.393 e. The summed E-state index contributed by atoms with van der Waals surface area (Å²) in [6.45, 7) is 3.39. The summed E-state index contributed by atoms with van der Waals surface area (Å²) in [6, 6.07) is 4.69. The molecule has 1 aromatic carbocycles. The molecule has 6 heteroatoms. The highest BCUT2D eigenvalue weighted by Gasteiger charge is 2.11. The van der Waals surface area contributed by atoms with Crippen molar-refractivity contribution in [2.45, 2.75) is 26.4 Å². The van der Waals surface area contributed by atoms with Crippen molar-refractivity contribution in [2.24, 2.45) is 0 Å². The van der Waals surface area contributed by atoms with Gasteiger partial charge in [0.2, 0.25) is 5.91 Å². The molecule has 0 aliphatic rings. The zero-order valence-corrected chi connectivity index (χ0v) is 11.6. The number of anilines is 1. The first kappa shape index (κ1) is 15.5. The molecule has 0 heterocycles. The second kappa shape index (κ2) is 7.11. The van der Waals surface area contributed by atoms with E-state index in [1.165, 1.54) is 13.0 Å². The molecule has 0 fully saturated rings. The predicted octanol–water partition coefficient (Wildman–Crippen LogP) is 1.80. The average Bonchev–Trinajstić information content (AvgIpc) is 2.30. The Kier molecular flexibility index (Phi) is 5.79. The van der Waals surface area contributed by atoms with E-state index in [2.05, 4.69) is 10.6 Å². The summed E-state index contributed by atoms with van der Waals surface area (Å²) in [5.41, 5.74) is 0.802. The van der Waals surface area contributed by atoms with Gasteiger partial charge in [-0.05, 0) is 31.5 Å². The Balaban J connectivity index is 2.74. The van der Waals surface area contributed by atoms with Gasteiger partial charge < -0.3 is 15.7 Å². The molecule has 0 saturated heterocycles. The van der Waals surface area contributed by atoms with Gasteiger partial charge in [-0.15, -0.1) is 0 Å². The Morgan fingerprint density at radius 3 is 2.68 bits per heavy atom. The van der Waals surface area contributed by atoms with E-state index in [0.717, 1.165) is 0 Å². The zero-order chi connectivity index (χ0) is 14.4. The van der Waals surface area contributed by atoms with Crippen LogP contribution in [0.5, 0.6) is 0 Å². The van der Waals surface area contributed by atoms with Crippen LogP contribution in [0.2, 0.25) is 5.02 Å². The van der Waals surface area contributed by atoms with Crippen LogP contribution in [0.15, 0.2) is 18.2 Å². The second-order valence-electron chi connectivity index (χ2n) is 4.27. The molecule has 1 unspecified atom stereocenters. The van der Waals surface area contributed by atoms with Crippen molar-refractivity contribution in [3.63, 3.8) is 0 Å². The summed E-state index contributed by atoms with van der Waals surface area (Å²) in [5, 5.41) is 14.7. The molecule has 19 heavy (non-hydrogen) atoms. The Labute approximate surface area is 117 Å². The molecule has 0 saturated carbocycles. The molecular formula is C13H17ClN2O3. The number of nitrogens with one attached hydrogen (secondary N) is 2. The van der Waals surface area contributed by atoms with E-state index in [1.54, 1.807) is 19.1 Å². The number of halogens is 1. The first-order chi connectivity index (χ1) is 8.90. The van der Waals surface area contributed by atoms with Crippen molar-refractivity contribution < 1.29 is 14.7 Å². The van der Waals surface area contributed by atoms with Crippen molar-refractivity contribution in [2.75, 3.05) is 11.9 Å². The van der Waals surface area contributed by atoms with Gasteiger partial charge in [-0.25, -0.2) is 0 Å². The minimum atomic E-state index is -0.471.